The number of nitrogens with two attached hydrogens (primary N) is 1. The molecule has 1 aromatic carbocycles. The van der Waals surface area contributed by atoms with Crippen molar-refractivity contribution in [3.63, 3.8) is 0 Å². The number of methoxy groups -OCH3 is 1. The van der Waals surface area contributed by atoms with Crippen LogP contribution in [0, 0.1) is 5.82 Å². The van der Waals surface area contributed by atoms with Crippen LogP contribution in [0.3, 0.4) is 0 Å². The molecule has 3 N–H and O–H groups in total. The Labute approximate surface area is 111 Å². The van der Waals surface area contributed by atoms with Crippen molar-refractivity contribution in [2.75, 3.05) is 12.8 Å². The highest BCUT2D eigenvalue weighted by molar-refractivity contribution is 5.59. The second-order valence-corrected chi connectivity index (χ2v) is 3.81. The minimum absolute atomic E-state index is 0.0724. The fourth-order valence-electron chi connectivity index (χ4n) is 1.61. The van der Waals surface area contributed by atoms with Crippen molar-refractivity contribution in [3.05, 3.63) is 24.0 Å². The summed E-state index contributed by atoms with van der Waals surface area (Å²) >= 11 is 0. The summed E-state index contributed by atoms with van der Waals surface area (Å²) in [4.78, 5) is 7.99. The molecule has 0 atom stereocenters. The van der Waals surface area contributed by atoms with Crippen LogP contribution in [0.25, 0.3) is 23.1 Å². The molecule has 0 spiro atoms. The molecule has 0 saturated carbocycles. The second-order valence-electron chi connectivity index (χ2n) is 3.81. The Morgan fingerprint density at radius 2 is 2.20 bits per heavy atom. The molecule has 2 aromatic heterocycles. The molecule has 0 amide bonds. The topological polar surface area (TPSA) is 116 Å². The minimum Gasteiger partial charge on any atom is -0.494 e. The summed E-state index contributed by atoms with van der Waals surface area (Å²) in [5.74, 6) is 0.361. The molecule has 9 heteroatoms. The van der Waals surface area contributed by atoms with Gasteiger partial charge < -0.3 is 15.0 Å². The SMILES string of the molecule is COc1cc(-c2noc(-c3nc(N)n[nH]3)n2)ccc1F. The number of nitrogens with one attached hydrogen (secondary N) is 1. The largest absolute Gasteiger partial charge is 0.494 e. The van der Waals surface area contributed by atoms with Crippen LogP contribution >= 0.6 is 0 Å². The van der Waals surface area contributed by atoms with Crippen molar-refractivity contribution in [3.8, 4) is 28.9 Å². The van der Waals surface area contributed by atoms with Gasteiger partial charge in [0.2, 0.25) is 17.6 Å². The van der Waals surface area contributed by atoms with E-state index in [1.165, 1.54) is 25.3 Å². The lowest BCUT2D eigenvalue weighted by Gasteiger charge is -2.02. The van der Waals surface area contributed by atoms with E-state index in [0.717, 1.165) is 0 Å². The minimum atomic E-state index is -0.469. The maximum absolute atomic E-state index is 13.3. The van der Waals surface area contributed by atoms with E-state index in [4.69, 9.17) is 15.0 Å². The lowest BCUT2D eigenvalue weighted by molar-refractivity contribution is 0.386. The van der Waals surface area contributed by atoms with Crippen LogP contribution < -0.4 is 10.5 Å². The molecule has 0 radical (unpaired) electrons. The average molecular weight is 276 g/mol. The molecule has 0 aliphatic carbocycles. The standard InChI is InChI=1S/C11H9FN6O2/c1-19-7-4-5(2-3-6(7)12)8-14-10(20-18-8)9-15-11(13)17-16-9/h2-4H,1H3,(H3,13,15,16,17). The van der Waals surface area contributed by atoms with Gasteiger partial charge in [0.15, 0.2) is 11.6 Å². The number of hydrogen-bond donors (Lipinski definition) is 2. The van der Waals surface area contributed by atoms with Gasteiger partial charge in [0.1, 0.15) is 0 Å². The monoisotopic (exact) mass is 276 g/mol. The number of rotatable bonds is 3. The summed E-state index contributed by atoms with van der Waals surface area (Å²) < 4.78 is 23.3. The summed E-state index contributed by atoms with van der Waals surface area (Å²) in [7, 11) is 1.38. The Balaban J connectivity index is 1.97. The number of halogens is 1. The van der Waals surface area contributed by atoms with Crippen LogP contribution in [0.5, 0.6) is 5.75 Å². The Kier molecular flexibility index (Phi) is 2.78. The quantitative estimate of drug-likeness (QED) is 0.739. The van der Waals surface area contributed by atoms with E-state index in [1.54, 1.807) is 0 Å². The number of hydrogen-bond acceptors (Lipinski definition) is 7. The third-order valence-corrected chi connectivity index (χ3v) is 2.54. The number of H-pyrrole nitrogens is 1. The first-order valence-electron chi connectivity index (χ1n) is 5.53. The summed E-state index contributed by atoms with van der Waals surface area (Å²) in [5, 5.41) is 9.99. The fraction of sp³-hybridized carbons (Fsp3) is 0.0909. The molecule has 0 bridgehead atoms. The van der Waals surface area contributed by atoms with Gasteiger partial charge in [-0.05, 0) is 18.2 Å². The maximum Gasteiger partial charge on any atom is 0.295 e. The summed E-state index contributed by atoms with van der Waals surface area (Å²) in [6.45, 7) is 0. The van der Waals surface area contributed by atoms with Crippen molar-refractivity contribution in [2.45, 2.75) is 0 Å². The molecule has 0 fully saturated rings. The molecule has 3 aromatic rings. The number of benzene rings is 1. The number of anilines is 1. The van der Waals surface area contributed by atoms with Crippen LogP contribution in [0.4, 0.5) is 10.3 Å². The number of aromatic amines is 1. The molecule has 20 heavy (non-hydrogen) atoms. The van der Waals surface area contributed by atoms with Gasteiger partial charge in [0, 0.05) is 5.56 Å². The van der Waals surface area contributed by atoms with Gasteiger partial charge in [-0.3, -0.25) is 5.10 Å². The fourth-order valence-corrected chi connectivity index (χ4v) is 1.61. The van der Waals surface area contributed by atoms with Gasteiger partial charge in [0.25, 0.3) is 5.89 Å². The van der Waals surface area contributed by atoms with Gasteiger partial charge in [-0.2, -0.15) is 9.97 Å². The van der Waals surface area contributed by atoms with Crippen LogP contribution in [0.2, 0.25) is 0 Å². The highest BCUT2D eigenvalue weighted by atomic mass is 19.1. The number of aromatic nitrogens is 5. The molecule has 0 aliphatic rings. The van der Waals surface area contributed by atoms with Crippen molar-refractivity contribution in [1.29, 1.82) is 0 Å². The predicted octanol–water partition coefficient (Wildman–Crippen LogP) is 1.25. The summed E-state index contributed by atoms with van der Waals surface area (Å²) in [6.07, 6.45) is 0. The molecule has 0 unspecified atom stereocenters. The van der Waals surface area contributed by atoms with E-state index in [1.807, 2.05) is 0 Å². The Morgan fingerprint density at radius 3 is 2.90 bits per heavy atom. The third-order valence-electron chi connectivity index (χ3n) is 2.54. The van der Waals surface area contributed by atoms with Gasteiger partial charge in [-0.25, -0.2) is 4.39 Å². The van der Waals surface area contributed by atoms with Crippen LogP contribution in [-0.2, 0) is 0 Å². The second kappa shape index (κ2) is 4.61. The summed E-state index contributed by atoms with van der Waals surface area (Å²) in [6, 6.07) is 4.25. The smallest absolute Gasteiger partial charge is 0.295 e. The van der Waals surface area contributed by atoms with E-state index in [-0.39, 0.29) is 29.2 Å². The van der Waals surface area contributed by atoms with Gasteiger partial charge in [-0.1, -0.05) is 5.16 Å². The van der Waals surface area contributed by atoms with Crippen molar-refractivity contribution in [2.24, 2.45) is 0 Å². The normalized spacial score (nSPS) is 10.7. The average Bonchev–Trinajstić information content (AvgIpc) is 3.08. The first-order chi connectivity index (χ1) is 9.67. The predicted molar refractivity (Wildman–Crippen MR) is 66.0 cm³/mol. The molecule has 0 saturated heterocycles. The number of nitrogens with zero attached hydrogens (tertiary/aromatic N) is 4. The van der Waals surface area contributed by atoms with E-state index >= 15 is 0 Å². The highest BCUT2D eigenvalue weighted by Gasteiger charge is 2.15. The maximum atomic E-state index is 13.3. The van der Waals surface area contributed by atoms with Crippen LogP contribution in [-0.4, -0.2) is 32.4 Å². The molecule has 0 aliphatic heterocycles. The Morgan fingerprint density at radius 1 is 1.35 bits per heavy atom. The number of ether oxygens (including phenoxy) is 1. The molecule has 102 valence electrons. The Bertz CT molecular complexity index is 753. The number of nitrogen functional groups attached to an aromatic ring is 1. The van der Waals surface area contributed by atoms with Crippen LogP contribution in [0.15, 0.2) is 22.7 Å². The van der Waals surface area contributed by atoms with Crippen molar-refractivity contribution >= 4 is 5.95 Å². The zero-order valence-corrected chi connectivity index (χ0v) is 10.3. The molecule has 3 rings (SSSR count). The van der Waals surface area contributed by atoms with Gasteiger partial charge >= 0.3 is 0 Å². The van der Waals surface area contributed by atoms with E-state index < -0.39 is 5.82 Å². The van der Waals surface area contributed by atoms with Crippen LogP contribution in [0.1, 0.15) is 0 Å². The molecular formula is C11H9FN6O2. The highest BCUT2D eigenvalue weighted by Crippen LogP contribution is 2.25. The lowest BCUT2D eigenvalue weighted by atomic mass is 10.2. The zero-order chi connectivity index (χ0) is 14.1. The molecule has 8 nitrogen and oxygen atoms in total. The molecular weight excluding hydrogens is 267 g/mol. The summed E-state index contributed by atoms with van der Waals surface area (Å²) in [5.41, 5.74) is 5.93. The van der Waals surface area contributed by atoms with E-state index in [9.17, 15) is 4.39 Å². The first kappa shape index (κ1) is 12.1. The van der Waals surface area contributed by atoms with Crippen molar-refractivity contribution in [1.82, 2.24) is 25.3 Å². The third kappa shape index (κ3) is 2.05. The van der Waals surface area contributed by atoms with Gasteiger partial charge in [0.05, 0.1) is 7.11 Å². The van der Waals surface area contributed by atoms with E-state index in [0.29, 0.717) is 5.56 Å². The Hall–Kier alpha value is -2.97. The zero-order valence-electron chi connectivity index (χ0n) is 10.3. The lowest BCUT2D eigenvalue weighted by Crippen LogP contribution is -1.89. The van der Waals surface area contributed by atoms with Gasteiger partial charge in [-0.15, -0.1) is 5.10 Å². The molecule has 2 heterocycles. The van der Waals surface area contributed by atoms with Crippen molar-refractivity contribution < 1.29 is 13.7 Å². The first-order valence-corrected chi connectivity index (χ1v) is 5.53. The van der Waals surface area contributed by atoms with E-state index in [2.05, 4.69) is 25.3 Å².